The van der Waals surface area contributed by atoms with E-state index in [2.05, 4.69) is 53.0 Å². The van der Waals surface area contributed by atoms with Crippen LogP contribution in [-0.4, -0.2) is 11.1 Å². The number of aryl methyl sites for hydroxylation is 1. The lowest BCUT2D eigenvalue weighted by Gasteiger charge is -2.06. The van der Waals surface area contributed by atoms with Crippen LogP contribution in [0.4, 0.5) is 5.69 Å². The first kappa shape index (κ1) is 14.3. The average Bonchev–Trinajstić information content (AvgIpc) is 2.77. The third-order valence-electron chi connectivity index (χ3n) is 2.68. The Hall–Kier alpha value is -1.08. The summed E-state index contributed by atoms with van der Waals surface area (Å²) in [4.78, 5) is 12.7. The molecule has 0 radical (unpaired) electrons. The first-order valence-corrected chi connectivity index (χ1v) is 7.73. The van der Waals surface area contributed by atoms with Gasteiger partial charge < -0.3 is 10.4 Å². The molecular formula is C14H14INO2S. The highest BCUT2D eigenvalue weighted by Gasteiger charge is 2.05. The normalized spacial score (nSPS) is 10.4. The molecule has 0 unspecified atom stereocenters. The van der Waals surface area contributed by atoms with Crippen LogP contribution in [0, 0.1) is 10.5 Å². The van der Waals surface area contributed by atoms with Crippen LogP contribution in [0.5, 0.6) is 0 Å². The van der Waals surface area contributed by atoms with Gasteiger partial charge in [0.2, 0.25) is 0 Å². The Morgan fingerprint density at radius 1 is 1.32 bits per heavy atom. The van der Waals surface area contributed by atoms with Crippen LogP contribution < -0.4 is 5.32 Å². The summed E-state index contributed by atoms with van der Waals surface area (Å²) in [5.41, 5.74) is 2.36. The summed E-state index contributed by atoms with van der Waals surface area (Å²) < 4.78 is 1.24. The quantitative estimate of drug-likeness (QED) is 0.766. The van der Waals surface area contributed by atoms with Crippen LogP contribution in [0.2, 0.25) is 0 Å². The van der Waals surface area contributed by atoms with E-state index in [0.29, 0.717) is 0 Å². The van der Waals surface area contributed by atoms with Gasteiger partial charge in [-0.05, 0) is 59.3 Å². The van der Waals surface area contributed by atoms with E-state index in [-0.39, 0.29) is 6.42 Å². The van der Waals surface area contributed by atoms with Crippen LogP contribution in [0.3, 0.4) is 0 Å². The van der Waals surface area contributed by atoms with Crippen molar-refractivity contribution in [2.24, 2.45) is 0 Å². The molecule has 100 valence electrons. The Morgan fingerprint density at radius 2 is 2.05 bits per heavy atom. The van der Waals surface area contributed by atoms with Crippen molar-refractivity contribution in [1.29, 1.82) is 0 Å². The Balaban J connectivity index is 1.96. The molecule has 0 bridgehead atoms. The van der Waals surface area contributed by atoms with Crippen molar-refractivity contribution in [3.05, 3.63) is 49.2 Å². The summed E-state index contributed by atoms with van der Waals surface area (Å²) in [6.45, 7) is 2.81. The van der Waals surface area contributed by atoms with Gasteiger partial charge in [-0.2, -0.15) is 0 Å². The smallest absolute Gasteiger partial charge is 0.308 e. The standard InChI is InChI=1S/C14H14INO2S/c1-9-2-3-10(6-13(9)15)16-8-12-5-4-11(19-12)7-14(17)18/h2-6,16H,7-8H2,1H3,(H,17,18). The second-order valence-corrected chi connectivity index (χ2v) is 6.67. The largest absolute Gasteiger partial charge is 0.481 e. The SMILES string of the molecule is Cc1ccc(NCc2ccc(CC(=O)O)s2)cc1I. The molecule has 2 rings (SSSR count). The molecule has 0 spiro atoms. The molecule has 0 saturated heterocycles. The molecule has 0 aliphatic rings. The van der Waals surface area contributed by atoms with E-state index in [1.54, 1.807) is 11.3 Å². The number of halogens is 1. The van der Waals surface area contributed by atoms with Crippen molar-refractivity contribution in [3.8, 4) is 0 Å². The molecule has 2 N–H and O–H groups in total. The molecule has 0 amide bonds. The minimum atomic E-state index is -0.783. The lowest BCUT2D eigenvalue weighted by atomic mass is 10.2. The van der Waals surface area contributed by atoms with Crippen molar-refractivity contribution in [3.63, 3.8) is 0 Å². The molecule has 1 heterocycles. The maximum atomic E-state index is 10.6. The highest BCUT2D eigenvalue weighted by molar-refractivity contribution is 14.1. The average molecular weight is 387 g/mol. The number of hydrogen-bond donors (Lipinski definition) is 2. The summed E-state index contributed by atoms with van der Waals surface area (Å²) in [6.07, 6.45) is 0.104. The van der Waals surface area contributed by atoms with E-state index in [4.69, 9.17) is 5.11 Å². The van der Waals surface area contributed by atoms with Gasteiger partial charge in [-0.1, -0.05) is 6.07 Å². The summed E-state index contributed by atoms with van der Waals surface area (Å²) in [7, 11) is 0. The molecule has 0 aliphatic carbocycles. The van der Waals surface area contributed by atoms with Gasteiger partial charge >= 0.3 is 5.97 Å². The van der Waals surface area contributed by atoms with Crippen LogP contribution in [-0.2, 0) is 17.8 Å². The van der Waals surface area contributed by atoms with E-state index in [1.807, 2.05) is 12.1 Å². The number of nitrogens with one attached hydrogen (secondary N) is 1. The van der Waals surface area contributed by atoms with E-state index in [1.165, 1.54) is 9.13 Å². The fourth-order valence-corrected chi connectivity index (χ4v) is 3.12. The van der Waals surface area contributed by atoms with Gasteiger partial charge in [0.25, 0.3) is 0 Å². The van der Waals surface area contributed by atoms with Crippen molar-refractivity contribution in [2.45, 2.75) is 19.9 Å². The molecule has 19 heavy (non-hydrogen) atoms. The maximum Gasteiger partial charge on any atom is 0.308 e. The zero-order chi connectivity index (χ0) is 13.8. The van der Waals surface area contributed by atoms with Gasteiger partial charge in [-0.3, -0.25) is 4.79 Å². The van der Waals surface area contributed by atoms with Crippen LogP contribution >= 0.6 is 33.9 Å². The van der Waals surface area contributed by atoms with E-state index in [9.17, 15) is 4.79 Å². The Bertz CT molecular complexity index is 595. The minimum Gasteiger partial charge on any atom is -0.481 e. The fraction of sp³-hybridized carbons (Fsp3) is 0.214. The van der Waals surface area contributed by atoms with Crippen LogP contribution in [0.25, 0.3) is 0 Å². The predicted molar refractivity (Wildman–Crippen MR) is 86.9 cm³/mol. The lowest BCUT2D eigenvalue weighted by Crippen LogP contribution is -1.98. The number of carboxylic acids is 1. The number of thiophene rings is 1. The summed E-state index contributed by atoms with van der Waals surface area (Å²) in [5, 5.41) is 12.1. The number of carboxylic acid groups (broad SMARTS) is 1. The summed E-state index contributed by atoms with van der Waals surface area (Å²) in [6, 6.07) is 10.1. The van der Waals surface area contributed by atoms with Crippen LogP contribution in [0.1, 0.15) is 15.3 Å². The molecule has 1 aromatic carbocycles. The number of hydrogen-bond acceptors (Lipinski definition) is 3. The van der Waals surface area contributed by atoms with Gasteiger partial charge in [-0.25, -0.2) is 0 Å². The Morgan fingerprint density at radius 3 is 2.74 bits per heavy atom. The summed E-state index contributed by atoms with van der Waals surface area (Å²) >= 11 is 3.86. The van der Waals surface area contributed by atoms with Gasteiger partial charge in [0.15, 0.2) is 0 Å². The topological polar surface area (TPSA) is 49.3 Å². The number of aliphatic carboxylic acids is 1. The molecule has 0 atom stereocenters. The number of carbonyl (C=O) groups is 1. The van der Waals surface area contributed by atoms with Gasteiger partial charge in [-0.15, -0.1) is 11.3 Å². The first-order valence-electron chi connectivity index (χ1n) is 5.84. The van der Waals surface area contributed by atoms with Crippen molar-refractivity contribution in [2.75, 3.05) is 5.32 Å². The predicted octanol–water partition coefficient (Wildman–Crippen LogP) is 3.90. The monoisotopic (exact) mass is 387 g/mol. The second-order valence-electron chi connectivity index (χ2n) is 4.26. The number of rotatable bonds is 5. The first-order chi connectivity index (χ1) is 9.04. The minimum absolute atomic E-state index is 0.104. The zero-order valence-corrected chi connectivity index (χ0v) is 13.4. The highest BCUT2D eigenvalue weighted by atomic mass is 127. The molecule has 0 fully saturated rings. The van der Waals surface area contributed by atoms with Gasteiger partial charge in [0, 0.05) is 25.6 Å². The number of anilines is 1. The van der Waals surface area contributed by atoms with Gasteiger partial charge in [0.1, 0.15) is 0 Å². The molecule has 1 aromatic heterocycles. The third-order valence-corrected chi connectivity index (χ3v) is 4.93. The molecular weight excluding hydrogens is 373 g/mol. The molecule has 5 heteroatoms. The second kappa shape index (κ2) is 6.38. The Labute approximate surface area is 129 Å². The molecule has 0 saturated carbocycles. The van der Waals surface area contributed by atoms with Crippen molar-refractivity contribution < 1.29 is 9.90 Å². The zero-order valence-electron chi connectivity index (χ0n) is 10.4. The van der Waals surface area contributed by atoms with E-state index < -0.39 is 5.97 Å². The van der Waals surface area contributed by atoms with E-state index in [0.717, 1.165) is 22.0 Å². The van der Waals surface area contributed by atoms with Crippen molar-refractivity contribution in [1.82, 2.24) is 0 Å². The molecule has 2 aromatic rings. The fourth-order valence-electron chi connectivity index (χ4n) is 1.65. The highest BCUT2D eigenvalue weighted by Crippen LogP contribution is 2.21. The maximum absolute atomic E-state index is 10.6. The van der Waals surface area contributed by atoms with E-state index >= 15 is 0 Å². The third kappa shape index (κ3) is 4.21. The molecule has 0 aliphatic heterocycles. The van der Waals surface area contributed by atoms with Crippen LogP contribution in [0.15, 0.2) is 30.3 Å². The summed E-state index contributed by atoms with van der Waals surface area (Å²) in [5.74, 6) is -0.783. The number of benzene rings is 1. The van der Waals surface area contributed by atoms with Crippen molar-refractivity contribution >= 4 is 45.6 Å². The Kier molecular flexibility index (Phi) is 4.81. The molecule has 3 nitrogen and oxygen atoms in total. The lowest BCUT2D eigenvalue weighted by molar-refractivity contribution is -0.136. The van der Waals surface area contributed by atoms with Gasteiger partial charge in [0.05, 0.1) is 6.42 Å².